The fourth-order valence-electron chi connectivity index (χ4n) is 4.32. The summed E-state index contributed by atoms with van der Waals surface area (Å²) in [6.07, 6.45) is 3.16. The Morgan fingerprint density at radius 1 is 0.903 bits per heavy atom. The predicted octanol–water partition coefficient (Wildman–Crippen LogP) is 5.29. The molecular formula is C25H20FN5. The smallest absolute Gasteiger partial charge is 0.135 e. The number of pyridine rings is 1. The van der Waals surface area contributed by atoms with Gasteiger partial charge in [-0.25, -0.2) is 9.37 Å². The average molecular weight is 409 g/mol. The lowest BCUT2D eigenvalue weighted by atomic mass is 10.0. The molecule has 3 aromatic heterocycles. The van der Waals surface area contributed by atoms with Crippen LogP contribution in [0.25, 0.3) is 50.0 Å². The molecule has 4 heterocycles. The van der Waals surface area contributed by atoms with E-state index < -0.39 is 0 Å². The Hall–Kier alpha value is -3.77. The number of aromatic amines is 2. The molecule has 0 radical (unpaired) electrons. The van der Waals surface area contributed by atoms with Gasteiger partial charge in [0.2, 0.25) is 0 Å². The Morgan fingerprint density at radius 3 is 2.68 bits per heavy atom. The highest BCUT2D eigenvalue weighted by Crippen LogP contribution is 2.35. The summed E-state index contributed by atoms with van der Waals surface area (Å²) in [6.45, 7) is 1.83. The van der Waals surface area contributed by atoms with Crippen LogP contribution in [0.5, 0.6) is 0 Å². The van der Waals surface area contributed by atoms with E-state index in [2.05, 4.69) is 26.6 Å². The second kappa shape index (κ2) is 7.18. The minimum absolute atomic E-state index is 0.232. The van der Waals surface area contributed by atoms with Gasteiger partial charge in [-0.15, -0.1) is 0 Å². The molecular weight excluding hydrogens is 389 g/mol. The molecule has 0 spiro atoms. The zero-order valence-electron chi connectivity index (χ0n) is 16.7. The van der Waals surface area contributed by atoms with Crippen LogP contribution in [0.2, 0.25) is 0 Å². The molecule has 6 rings (SSSR count). The average Bonchev–Trinajstić information content (AvgIpc) is 3.43. The van der Waals surface area contributed by atoms with E-state index in [9.17, 15) is 4.39 Å². The SMILES string of the molecule is Fc1ccccc1-c1cccc2[nH]c(-c3n[nH]c4ccc(C5=CCNCC5)nc34)cc12. The number of fused-ring (bicyclic) bond motifs is 2. The number of rotatable bonds is 3. The van der Waals surface area contributed by atoms with Gasteiger partial charge in [-0.05, 0) is 54.4 Å². The van der Waals surface area contributed by atoms with Gasteiger partial charge in [-0.2, -0.15) is 5.10 Å². The topological polar surface area (TPSA) is 69.4 Å². The van der Waals surface area contributed by atoms with Gasteiger partial charge in [0.1, 0.15) is 17.0 Å². The van der Waals surface area contributed by atoms with Crippen molar-refractivity contribution >= 4 is 27.5 Å². The van der Waals surface area contributed by atoms with E-state index in [4.69, 9.17) is 4.98 Å². The van der Waals surface area contributed by atoms with Crippen molar-refractivity contribution in [2.75, 3.05) is 13.1 Å². The first kappa shape index (κ1) is 18.0. The maximum atomic E-state index is 14.5. The molecule has 5 nitrogen and oxygen atoms in total. The van der Waals surface area contributed by atoms with Crippen molar-refractivity contribution in [1.29, 1.82) is 0 Å². The molecule has 6 heteroatoms. The van der Waals surface area contributed by atoms with Crippen molar-refractivity contribution < 1.29 is 4.39 Å². The lowest BCUT2D eigenvalue weighted by molar-refractivity contribution is 0.631. The Labute approximate surface area is 178 Å². The minimum atomic E-state index is -0.232. The lowest BCUT2D eigenvalue weighted by Crippen LogP contribution is -2.20. The third-order valence-electron chi connectivity index (χ3n) is 5.88. The molecule has 0 saturated carbocycles. The highest BCUT2D eigenvalue weighted by molar-refractivity contribution is 6.00. The van der Waals surface area contributed by atoms with E-state index in [1.54, 1.807) is 12.1 Å². The van der Waals surface area contributed by atoms with Crippen LogP contribution in [0, 0.1) is 5.82 Å². The normalized spacial score (nSPS) is 14.3. The van der Waals surface area contributed by atoms with Crippen molar-refractivity contribution in [2.24, 2.45) is 0 Å². The first-order chi connectivity index (χ1) is 15.3. The first-order valence-corrected chi connectivity index (χ1v) is 10.4. The fourth-order valence-corrected chi connectivity index (χ4v) is 4.32. The minimum Gasteiger partial charge on any atom is -0.353 e. The zero-order valence-corrected chi connectivity index (χ0v) is 16.7. The molecule has 0 atom stereocenters. The zero-order chi connectivity index (χ0) is 20.8. The maximum Gasteiger partial charge on any atom is 0.135 e. The molecule has 1 aliphatic rings. The van der Waals surface area contributed by atoms with Crippen LogP contribution in [0.1, 0.15) is 12.1 Å². The lowest BCUT2D eigenvalue weighted by Gasteiger charge is -2.13. The van der Waals surface area contributed by atoms with E-state index in [1.165, 1.54) is 11.6 Å². The van der Waals surface area contributed by atoms with Crippen LogP contribution in [-0.2, 0) is 0 Å². The van der Waals surface area contributed by atoms with Crippen LogP contribution in [0.15, 0.2) is 66.7 Å². The van der Waals surface area contributed by atoms with E-state index >= 15 is 0 Å². The predicted molar refractivity (Wildman–Crippen MR) is 122 cm³/mol. The molecule has 152 valence electrons. The van der Waals surface area contributed by atoms with Gasteiger partial charge in [0, 0.05) is 23.0 Å². The Kier molecular flexibility index (Phi) is 4.18. The molecule has 0 aliphatic carbocycles. The number of nitrogens with zero attached hydrogens (tertiary/aromatic N) is 2. The Balaban J connectivity index is 1.50. The summed E-state index contributed by atoms with van der Waals surface area (Å²) in [5.74, 6) is -0.232. The summed E-state index contributed by atoms with van der Waals surface area (Å²) < 4.78 is 14.5. The first-order valence-electron chi connectivity index (χ1n) is 10.4. The number of benzene rings is 2. The van der Waals surface area contributed by atoms with Crippen molar-refractivity contribution in [1.82, 2.24) is 25.5 Å². The van der Waals surface area contributed by atoms with Gasteiger partial charge in [0.25, 0.3) is 0 Å². The summed E-state index contributed by atoms with van der Waals surface area (Å²) in [7, 11) is 0. The van der Waals surface area contributed by atoms with Crippen LogP contribution in [-0.4, -0.2) is 33.3 Å². The second-order valence-electron chi connectivity index (χ2n) is 7.78. The number of hydrogen-bond acceptors (Lipinski definition) is 3. The molecule has 0 saturated heterocycles. The summed E-state index contributed by atoms with van der Waals surface area (Å²) >= 11 is 0. The quantitative estimate of drug-likeness (QED) is 0.379. The Morgan fingerprint density at radius 2 is 1.81 bits per heavy atom. The van der Waals surface area contributed by atoms with Crippen LogP contribution in [0.3, 0.4) is 0 Å². The largest absolute Gasteiger partial charge is 0.353 e. The number of hydrogen-bond donors (Lipinski definition) is 3. The van der Waals surface area contributed by atoms with E-state index in [0.717, 1.165) is 64.1 Å². The molecule has 0 unspecified atom stereocenters. The summed E-state index contributed by atoms with van der Waals surface area (Å²) in [6, 6.07) is 18.8. The molecule has 0 amide bonds. The number of nitrogens with one attached hydrogen (secondary N) is 3. The molecule has 0 fully saturated rings. The Bertz CT molecular complexity index is 1460. The van der Waals surface area contributed by atoms with E-state index in [-0.39, 0.29) is 5.82 Å². The molecule has 3 N–H and O–H groups in total. The van der Waals surface area contributed by atoms with Crippen molar-refractivity contribution in [3.8, 4) is 22.5 Å². The number of H-pyrrole nitrogens is 2. The molecule has 0 bridgehead atoms. The third kappa shape index (κ3) is 3.04. The van der Waals surface area contributed by atoms with Crippen LogP contribution in [0.4, 0.5) is 4.39 Å². The van der Waals surface area contributed by atoms with E-state index in [1.807, 2.05) is 42.5 Å². The summed E-state index contributed by atoms with van der Waals surface area (Å²) in [5.41, 5.74) is 7.96. The number of halogens is 1. The standard InChI is InChI=1S/C25H20FN5/c26-19-6-2-1-4-17(19)16-5-3-7-21-18(16)14-23(28-21)25-24-22(30-31-25)9-8-20(29-24)15-10-12-27-13-11-15/h1-10,14,27-28H,11-13H2,(H,30,31). The van der Waals surface area contributed by atoms with Gasteiger partial charge in [-0.1, -0.05) is 36.4 Å². The molecule has 1 aliphatic heterocycles. The van der Waals surface area contributed by atoms with Crippen LogP contribution < -0.4 is 5.32 Å². The van der Waals surface area contributed by atoms with Gasteiger partial charge in [-0.3, -0.25) is 5.10 Å². The molecule has 2 aromatic carbocycles. The van der Waals surface area contributed by atoms with Crippen molar-refractivity contribution in [2.45, 2.75) is 6.42 Å². The van der Waals surface area contributed by atoms with Gasteiger partial charge < -0.3 is 10.3 Å². The second-order valence-corrected chi connectivity index (χ2v) is 7.78. The van der Waals surface area contributed by atoms with Crippen molar-refractivity contribution in [3.05, 3.63) is 78.3 Å². The monoisotopic (exact) mass is 409 g/mol. The fraction of sp³-hybridized carbons (Fsp3) is 0.120. The van der Waals surface area contributed by atoms with Crippen LogP contribution >= 0.6 is 0 Å². The maximum absolute atomic E-state index is 14.5. The number of aromatic nitrogens is 4. The highest BCUT2D eigenvalue weighted by Gasteiger charge is 2.17. The van der Waals surface area contributed by atoms with E-state index in [0.29, 0.717) is 5.56 Å². The highest BCUT2D eigenvalue weighted by atomic mass is 19.1. The molecule has 5 aromatic rings. The molecule has 31 heavy (non-hydrogen) atoms. The summed E-state index contributed by atoms with van der Waals surface area (Å²) in [5, 5.41) is 11.9. The van der Waals surface area contributed by atoms with Gasteiger partial charge in [0.15, 0.2) is 0 Å². The van der Waals surface area contributed by atoms with Gasteiger partial charge in [0.05, 0.1) is 16.9 Å². The summed E-state index contributed by atoms with van der Waals surface area (Å²) in [4.78, 5) is 8.38. The van der Waals surface area contributed by atoms with Gasteiger partial charge >= 0.3 is 0 Å². The third-order valence-corrected chi connectivity index (χ3v) is 5.88. The van der Waals surface area contributed by atoms with Crippen molar-refractivity contribution in [3.63, 3.8) is 0 Å².